The second-order valence-electron chi connectivity index (χ2n) is 3.72. The van der Waals surface area contributed by atoms with Crippen LogP contribution in [0.25, 0.3) is 0 Å². The van der Waals surface area contributed by atoms with Crippen molar-refractivity contribution in [2.45, 2.75) is 15.2 Å². The monoisotopic (exact) mass is 419 g/mol. The molecule has 0 aliphatic rings. The molecule has 0 saturated heterocycles. The van der Waals surface area contributed by atoms with Crippen molar-refractivity contribution in [3.8, 4) is 0 Å². The highest BCUT2D eigenvalue weighted by Gasteiger charge is 2.45. The van der Waals surface area contributed by atoms with Crippen LogP contribution in [-0.2, 0) is 9.84 Å². The van der Waals surface area contributed by atoms with E-state index in [0.717, 1.165) is 0 Å². The number of hydrogen-bond donors (Lipinski definition) is 1. The number of alkyl halides is 2. The van der Waals surface area contributed by atoms with E-state index in [4.69, 9.17) is 11.6 Å². The molecule has 0 fully saturated rings. The Morgan fingerprint density at radius 1 is 1.47 bits per heavy atom. The van der Waals surface area contributed by atoms with Gasteiger partial charge in [0.1, 0.15) is 6.10 Å². The van der Waals surface area contributed by atoms with Gasteiger partial charge in [0.25, 0.3) is 5.69 Å². The number of non-ortho nitro benzene ring substituents is 1. The molecule has 6 nitrogen and oxygen atoms in total. The Labute approximate surface area is 129 Å². The van der Waals surface area contributed by atoms with Crippen molar-refractivity contribution >= 4 is 49.7 Å². The van der Waals surface area contributed by atoms with Crippen LogP contribution in [0.1, 0.15) is 18.6 Å². The number of rotatable bonds is 5. The Hall–Kier alpha value is -0.450. The maximum atomic E-state index is 11.8. The van der Waals surface area contributed by atoms with Gasteiger partial charge in [-0.3, -0.25) is 10.1 Å². The molecule has 0 radical (unpaired) electrons. The molecule has 0 aliphatic heterocycles. The molecule has 0 aromatic heterocycles. The molecule has 1 aromatic rings. The van der Waals surface area contributed by atoms with E-state index in [9.17, 15) is 23.6 Å². The van der Waals surface area contributed by atoms with Crippen LogP contribution in [0.3, 0.4) is 0 Å². The molecule has 0 amide bonds. The number of benzene rings is 1. The maximum absolute atomic E-state index is 11.8. The summed E-state index contributed by atoms with van der Waals surface area (Å²) in [6, 6.07) is 4.93. The average molecular weight is 420 g/mol. The molecule has 2 atom stereocenters. The van der Waals surface area contributed by atoms with E-state index in [1.807, 2.05) is 0 Å². The predicted octanol–water partition coefficient (Wildman–Crippen LogP) is 2.39. The smallest absolute Gasteiger partial charge is 0.269 e. The second kappa shape index (κ2) is 5.90. The molecule has 2 unspecified atom stereocenters. The van der Waals surface area contributed by atoms with E-state index >= 15 is 0 Å². The first-order valence-corrected chi connectivity index (χ1v) is 8.27. The standard InChI is InChI=1S/C10H11ClINO5S/c1-2-19(17,18)10(11,12)9(14)7-3-5-8(6-4-7)13(15)16/h3-6,9,14H,2H2,1H3. The van der Waals surface area contributed by atoms with Crippen LogP contribution in [0.5, 0.6) is 0 Å². The van der Waals surface area contributed by atoms with Crippen LogP contribution in [0, 0.1) is 10.1 Å². The Balaban J connectivity index is 3.13. The fourth-order valence-corrected chi connectivity index (χ4v) is 3.94. The van der Waals surface area contributed by atoms with E-state index < -0.39 is 23.1 Å². The summed E-state index contributed by atoms with van der Waals surface area (Å²) in [5, 5.41) is 20.6. The molecule has 0 spiro atoms. The summed E-state index contributed by atoms with van der Waals surface area (Å²) in [5.41, 5.74) is 0.0509. The van der Waals surface area contributed by atoms with Crippen LogP contribution in [0.4, 0.5) is 5.69 Å². The van der Waals surface area contributed by atoms with Crippen LogP contribution in [0.15, 0.2) is 24.3 Å². The van der Waals surface area contributed by atoms with Crippen molar-refractivity contribution in [3.05, 3.63) is 39.9 Å². The SMILES string of the molecule is CCS(=O)(=O)C(Cl)(I)C(O)c1ccc([N+](=O)[O-])cc1. The van der Waals surface area contributed by atoms with Gasteiger partial charge in [0, 0.05) is 12.1 Å². The quantitative estimate of drug-likeness (QED) is 0.342. The summed E-state index contributed by atoms with van der Waals surface area (Å²) in [4.78, 5) is 9.92. The van der Waals surface area contributed by atoms with Gasteiger partial charge in [-0.2, -0.15) is 0 Å². The Morgan fingerprint density at radius 2 is 1.95 bits per heavy atom. The third-order valence-corrected chi connectivity index (χ3v) is 7.86. The topological polar surface area (TPSA) is 97.5 Å². The second-order valence-corrected chi connectivity index (χ2v) is 10.1. The molecule has 0 bridgehead atoms. The first kappa shape index (κ1) is 16.6. The highest BCUT2D eigenvalue weighted by Crippen LogP contribution is 2.43. The van der Waals surface area contributed by atoms with Crippen LogP contribution in [-0.4, -0.2) is 26.4 Å². The number of nitro groups is 1. The largest absolute Gasteiger partial charge is 0.385 e. The molecule has 0 saturated carbocycles. The molecule has 106 valence electrons. The molecule has 1 rings (SSSR count). The zero-order valence-electron chi connectivity index (χ0n) is 9.79. The summed E-state index contributed by atoms with van der Waals surface area (Å²) < 4.78 is 21.7. The third kappa shape index (κ3) is 3.36. The Morgan fingerprint density at radius 3 is 2.32 bits per heavy atom. The van der Waals surface area contributed by atoms with Crippen molar-refractivity contribution < 1.29 is 18.4 Å². The third-order valence-electron chi connectivity index (χ3n) is 2.53. The summed E-state index contributed by atoms with van der Waals surface area (Å²) in [7, 11) is -3.70. The molecular formula is C10H11ClINO5S. The molecule has 9 heteroatoms. The van der Waals surface area contributed by atoms with Crippen molar-refractivity contribution in [2.24, 2.45) is 0 Å². The number of nitrogens with zero attached hydrogens (tertiary/aromatic N) is 1. The summed E-state index contributed by atoms with van der Waals surface area (Å²) in [6.45, 7) is 1.42. The van der Waals surface area contributed by atoms with Crippen LogP contribution >= 0.6 is 34.2 Å². The van der Waals surface area contributed by atoms with Crippen LogP contribution < -0.4 is 0 Å². The molecule has 0 aliphatic carbocycles. The van der Waals surface area contributed by atoms with Crippen LogP contribution in [0.2, 0.25) is 0 Å². The zero-order valence-corrected chi connectivity index (χ0v) is 13.5. The normalized spacial score (nSPS) is 16.6. The van der Waals surface area contributed by atoms with Gasteiger partial charge in [-0.15, -0.1) is 0 Å². The number of halogens is 2. The predicted molar refractivity (Wildman–Crippen MR) is 80.1 cm³/mol. The molecule has 1 N–H and O–H groups in total. The molecule has 19 heavy (non-hydrogen) atoms. The minimum atomic E-state index is -3.70. The van der Waals surface area contributed by atoms with Crippen molar-refractivity contribution in [3.63, 3.8) is 0 Å². The highest BCUT2D eigenvalue weighted by atomic mass is 127. The van der Waals surface area contributed by atoms with E-state index in [-0.39, 0.29) is 17.0 Å². The van der Waals surface area contributed by atoms with E-state index in [1.165, 1.54) is 53.8 Å². The highest BCUT2D eigenvalue weighted by molar-refractivity contribution is 14.1. The average Bonchev–Trinajstić information content (AvgIpc) is 2.37. The molecule has 1 aromatic carbocycles. The van der Waals surface area contributed by atoms with E-state index in [0.29, 0.717) is 0 Å². The fourth-order valence-electron chi connectivity index (χ4n) is 1.33. The number of nitro benzene ring substituents is 1. The Bertz CT molecular complexity index is 572. The number of hydrogen-bond acceptors (Lipinski definition) is 5. The van der Waals surface area contributed by atoms with Gasteiger partial charge in [-0.1, -0.05) is 18.5 Å². The van der Waals surface area contributed by atoms with E-state index in [1.54, 1.807) is 0 Å². The minimum Gasteiger partial charge on any atom is -0.385 e. The lowest BCUT2D eigenvalue weighted by atomic mass is 10.1. The minimum absolute atomic E-state index is 0.150. The van der Waals surface area contributed by atoms with Gasteiger partial charge in [0.05, 0.1) is 10.7 Å². The molecule has 0 heterocycles. The maximum Gasteiger partial charge on any atom is 0.269 e. The number of sulfone groups is 1. The number of aliphatic hydroxyl groups is 1. The first-order valence-electron chi connectivity index (χ1n) is 5.16. The molecular weight excluding hydrogens is 409 g/mol. The lowest BCUT2D eigenvalue weighted by Crippen LogP contribution is -2.34. The summed E-state index contributed by atoms with van der Waals surface area (Å²) in [5.74, 6) is -0.219. The van der Waals surface area contributed by atoms with Crippen molar-refractivity contribution in [2.75, 3.05) is 5.75 Å². The van der Waals surface area contributed by atoms with Gasteiger partial charge in [0.15, 0.2) is 9.84 Å². The lowest BCUT2D eigenvalue weighted by Gasteiger charge is -2.25. The zero-order chi connectivity index (χ0) is 14.8. The van der Waals surface area contributed by atoms with Gasteiger partial charge >= 0.3 is 0 Å². The Kier molecular flexibility index (Phi) is 5.15. The van der Waals surface area contributed by atoms with Crippen molar-refractivity contribution in [1.82, 2.24) is 0 Å². The summed E-state index contributed by atoms with van der Waals surface area (Å²) >= 11 is 7.39. The fraction of sp³-hybridized carbons (Fsp3) is 0.400. The first-order chi connectivity index (χ1) is 8.63. The van der Waals surface area contributed by atoms with Gasteiger partial charge in [-0.25, -0.2) is 8.42 Å². The van der Waals surface area contributed by atoms with Gasteiger partial charge in [-0.05, 0) is 40.3 Å². The van der Waals surface area contributed by atoms with Gasteiger partial charge < -0.3 is 5.11 Å². The lowest BCUT2D eigenvalue weighted by molar-refractivity contribution is -0.384. The summed E-state index contributed by atoms with van der Waals surface area (Å²) in [6.07, 6.45) is -1.49. The van der Waals surface area contributed by atoms with Gasteiger partial charge in [0.2, 0.25) is 2.21 Å². The van der Waals surface area contributed by atoms with Crippen molar-refractivity contribution in [1.29, 1.82) is 0 Å². The number of aliphatic hydroxyl groups excluding tert-OH is 1. The van der Waals surface area contributed by atoms with E-state index in [2.05, 4.69) is 0 Å².